The molecule has 116 valence electrons. The molecule has 2 rings (SSSR count). The number of aromatic hydroxyl groups is 1. The lowest BCUT2D eigenvalue weighted by molar-refractivity contribution is -0.132. The minimum atomic E-state index is -0.552. The summed E-state index contributed by atoms with van der Waals surface area (Å²) in [5.74, 6) is 0.579. The summed E-state index contributed by atoms with van der Waals surface area (Å²) in [6.07, 6.45) is 2.64. The number of phenolic OH excluding ortho intramolecular Hbond substituents is 1. The molecule has 0 aromatic heterocycles. The van der Waals surface area contributed by atoms with Crippen LogP contribution in [0.3, 0.4) is 0 Å². The zero-order valence-electron chi connectivity index (χ0n) is 12.5. The van der Waals surface area contributed by atoms with E-state index in [1.165, 1.54) is 0 Å². The Morgan fingerprint density at radius 3 is 2.81 bits per heavy atom. The Morgan fingerprint density at radius 2 is 2.19 bits per heavy atom. The zero-order valence-corrected chi connectivity index (χ0v) is 12.5. The van der Waals surface area contributed by atoms with Crippen LogP contribution in [0.2, 0.25) is 0 Å². The average molecular weight is 292 g/mol. The summed E-state index contributed by atoms with van der Waals surface area (Å²) >= 11 is 0. The van der Waals surface area contributed by atoms with Gasteiger partial charge in [0.25, 0.3) is 0 Å². The molecule has 2 atom stereocenters. The normalized spacial score (nSPS) is 20.0. The Bertz CT molecular complexity index is 455. The molecule has 0 aliphatic carbocycles. The van der Waals surface area contributed by atoms with Gasteiger partial charge in [0.05, 0.1) is 12.6 Å². The lowest BCUT2D eigenvalue weighted by atomic mass is 10.0. The van der Waals surface area contributed by atoms with E-state index in [9.17, 15) is 9.90 Å². The fourth-order valence-electron chi connectivity index (χ4n) is 2.69. The molecule has 0 spiro atoms. The van der Waals surface area contributed by atoms with Crippen LogP contribution in [0.25, 0.3) is 0 Å². The van der Waals surface area contributed by atoms with Crippen molar-refractivity contribution in [2.45, 2.75) is 25.3 Å². The summed E-state index contributed by atoms with van der Waals surface area (Å²) in [4.78, 5) is 14.0. The summed E-state index contributed by atoms with van der Waals surface area (Å²) in [7, 11) is 1.80. The van der Waals surface area contributed by atoms with E-state index in [-0.39, 0.29) is 11.7 Å². The third-order valence-corrected chi connectivity index (χ3v) is 3.87. The van der Waals surface area contributed by atoms with Crippen LogP contribution in [0, 0.1) is 5.92 Å². The van der Waals surface area contributed by atoms with E-state index in [2.05, 4.69) is 0 Å². The van der Waals surface area contributed by atoms with E-state index in [0.29, 0.717) is 18.9 Å². The van der Waals surface area contributed by atoms with E-state index >= 15 is 0 Å². The predicted molar refractivity (Wildman–Crippen MR) is 81.0 cm³/mol. The standard InChI is InChI=1S/C16H24N2O3/c1-18(10-13-3-2-8-21-11-13)16(20)15(17)9-12-4-6-14(19)7-5-12/h4-7,13,15,19H,2-3,8-11,17H2,1H3. The number of carbonyl (C=O) groups excluding carboxylic acids is 1. The molecule has 1 aliphatic heterocycles. The SMILES string of the molecule is CN(CC1CCCOC1)C(=O)C(N)Cc1ccc(O)cc1. The van der Waals surface area contributed by atoms with Crippen LogP contribution in [-0.4, -0.2) is 48.8 Å². The fraction of sp³-hybridized carbons (Fsp3) is 0.562. The van der Waals surface area contributed by atoms with Crippen molar-refractivity contribution in [1.82, 2.24) is 4.90 Å². The molecular weight excluding hydrogens is 268 g/mol. The van der Waals surface area contributed by atoms with Crippen LogP contribution in [0.5, 0.6) is 5.75 Å². The number of hydrogen-bond donors (Lipinski definition) is 2. The van der Waals surface area contributed by atoms with Gasteiger partial charge in [-0.05, 0) is 42.9 Å². The van der Waals surface area contributed by atoms with Gasteiger partial charge in [0.2, 0.25) is 5.91 Å². The molecule has 1 aromatic carbocycles. The lowest BCUT2D eigenvalue weighted by Crippen LogP contribution is -2.45. The van der Waals surface area contributed by atoms with Crippen LogP contribution in [0.1, 0.15) is 18.4 Å². The minimum Gasteiger partial charge on any atom is -0.508 e. The monoisotopic (exact) mass is 292 g/mol. The van der Waals surface area contributed by atoms with Crippen molar-refractivity contribution < 1.29 is 14.6 Å². The number of amides is 1. The highest BCUT2D eigenvalue weighted by Crippen LogP contribution is 2.15. The number of hydrogen-bond acceptors (Lipinski definition) is 4. The Morgan fingerprint density at radius 1 is 1.48 bits per heavy atom. The number of nitrogens with two attached hydrogens (primary N) is 1. The maximum Gasteiger partial charge on any atom is 0.239 e. The third kappa shape index (κ3) is 4.72. The Balaban J connectivity index is 1.84. The van der Waals surface area contributed by atoms with E-state index in [1.54, 1.807) is 36.2 Å². The number of benzene rings is 1. The molecule has 5 heteroatoms. The lowest BCUT2D eigenvalue weighted by Gasteiger charge is -2.28. The van der Waals surface area contributed by atoms with Gasteiger partial charge in [-0.1, -0.05) is 12.1 Å². The Hall–Kier alpha value is -1.59. The van der Waals surface area contributed by atoms with Crippen molar-refractivity contribution in [2.75, 3.05) is 26.8 Å². The van der Waals surface area contributed by atoms with Gasteiger partial charge in [0.15, 0.2) is 0 Å². The van der Waals surface area contributed by atoms with Crippen molar-refractivity contribution >= 4 is 5.91 Å². The topological polar surface area (TPSA) is 75.8 Å². The second-order valence-electron chi connectivity index (χ2n) is 5.78. The number of phenols is 1. The van der Waals surface area contributed by atoms with Crippen LogP contribution >= 0.6 is 0 Å². The molecule has 1 aromatic rings. The van der Waals surface area contributed by atoms with Gasteiger partial charge < -0.3 is 20.5 Å². The number of rotatable bonds is 5. The van der Waals surface area contributed by atoms with Crippen molar-refractivity contribution in [1.29, 1.82) is 0 Å². The zero-order chi connectivity index (χ0) is 15.2. The molecular formula is C16H24N2O3. The molecule has 1 saturated heterocycles. The van der Waals surface area contributed by atoms with Gasteiger partial charge in [-0.15, -0.1) is 0 Å². The minimum absolute atomic E-state index is 0.0475. The molecule has 2 unspecified atom stereocenters. The molecule has 1 heterocycles. The molecule has 5 nitrogen and oxygen atoms in total. The molecule has 1 fully saturated rings. The first-order chi connectivity index (χ1) is 10.1. The number of ether oxygens (including phenoxy) is 1. The van der Waals surface area contributed by atoms with Crippen molar-refractivity contribution in [2.24, 2.45) is 11.7 Å². The van der Waals surface area contributed by atoms with Crippen LogP contribution in [-0.2, 0) is 16.0 Å². The van der Waals surface area contributed by atoms with Crippen molar-refractivity contribution in [3.8, 4) is 5.75 Å². The van der Waals surface area contributed by atoms with E-state index in [0.717, 1.165) is 31.6 Å². The van der Waals surface area contributed by atoms with E-state index in [4.69, 9.17) is 10.5 Å². The first-order valence-electron chi connectivity index (χ1n) is 7.42. The van der Waals surface area contributed by atoms with Crippen molar-refractivity contribution in [3.63, 3.8) is 0 Å². The maximum atomic E-state index is 12.3. The number of likely N-dealkylation sites (N-methyl/N-ethyl adjacent to an activating group) is 1. The maximum absolute atomic E-state index is 12.3. The van der Waals surface area contributed by atoms with Crippen molar-refractivity contribution in [3.05, 3.63) is 29.8 Å². The molecule has 1 amide bonds. The summed E-state index contributed by atoms with van der Waals surface area (Å²) < 4.78 is 5.44. The van der Waals surface area contributed by atoms with Gasteiger partial charge >= 0.3 is 0 Å². The summed E-state index contributed by atoms with van der Waals surface area (Å²) in [5.41, 5.74) is 6.96. The second kappa shape index (κ2) is 7.43. The molecule has 0 radical (unpaired) electrons. The summed E-state index contributed by atoms with van der Waals surface area (Å²) in [6, 6.07) is 6.24. The summed E-state index contributed by atoms with van der Waals surface area (Å²) in [5, 5.41) is 9.25. The summed E-state index contributed by atoms with van der Waals surface area (Å²) in [6.45, 7) is 2.25. The molecule has 1 aliphatic rings. The van der Waals surface area contributed by atoms with Gasteiger partial charge in [-0.2, -0.15) is 0 Å². The molecule has 0 saturated carbocycles. The molecule has 21 heavy (non-hydrogen) atoms. The van der Waals surface area contributed by atoms with Crippen LogP contribution in [0.4, 0.5) is 0 Å². The first-order valence-corrected chi connectivity index (χ1v) is 7.42. The highest BCUT2D eigenvalue weighted by atomic mass is 16.5. The van der Waals surface area contributed by atoms with E-state index < -0.39 is 6.04 Å². The quantitative estimate of drug-likeness (QED) is 0.853. The largest absolute Gasteiger partial charge is 0.508 e. The predicted octanol–water partition coefficient (Wildman–Crippen LogP) is 1.15. The van der Waals surface area contributed by atoms with Gasteiger partial charge in [-0.25, -0.2) is 0 Å². The van der Waals surface area contributed by atoms with Gasteiger partial charge in [0, 0.05) is 20.2 Å². The highest BCUT2D eigenvalue weighted by molar-refractivity contribution is 5.81. The Labute approximate surface area is 125 Å². The van der Waals surface area contributed by atoms with E-state index in [1.807, 2.05) is 0 Å². The first kappa shape index (κ1) is 15.8. The second-order valence-corrected chi connectivity index (χ2v) is 5.78. The fourth-order valence-corrected chi connectivity index (χ4v) is 2.69. The number of carbonyl (C=O) groups is 1. The molecule has 0 bridgehead atoms. The third-order valence-electron chi connectivity index (χ3n) is 3.87. The average Bonchev–Trinajstić information content (AvgIpc) is 2.49. The number of nitrogens with zero attached hydrogens (tertiary/aromatic N) is 1. The Kier molecular flexibility index (Phi) is 5.59. The van der Waals surface area contributed by atoms with Gasteiger partial charge in [-0.3, -0.25) is 4.79 Å². The van der Waals surface area contributed by atoms with Crippen LogP contribution < -0.4 is 5.73 Å². The van der Waals surface area contributed by atoms with Gasteiger partial charge in [0.1, 0.15) is 5.75 Å². The highest BCUT2D eigenvalue weighted by Gasteiger charge is 2.22. The van der Waals surface area contributed by atoms with Crippen LogP contribution in [0.15, 0.2) is 24.3 Å². The molecule has 3 N–H and O–H groups in total. The smallest absolute Gasteiger partial charge is 0.239 e.